The van der Waals surface area contributed by atoms with E-state index in [0.717, 1.165) is 19.6 Å². The Kier molecular flexibility index (Phi) is 7.99. The Morgan fingerprint density at radius 2 is 1.86 bits per heavy atom. The van der Waals surface area contributed by atoms with Gasteiger partial charge in [-0.1, -0.05) is 32.0 Å². The Hall–Kier alpha value is -2.08. The molecule has 0 unspecified atom stereocenters. The highest BCUT2D eigenvalue weighted by Crippen LogP contribution is 2.10. The molecule has 0 radical (unpaired) electrons. The van der Waals surface area contributed by atoms with E-state index in [4.69, 9.17) is 4.74 Å². The van der Waals surface area contributed by atoms with E-state index in [1.807, 2.05) is 6.07 Å². The van der Waals surface area contributed by atoms with Crippen LogP contribution in [-0.4, -0.2) is 50.1 Å². The Bertz CT molecular complexity index is 487. The summed E-state index contributed by atoms with van der Waals surface area (Å²) in [6.45, 7) is 7.46. The van der Waals surface area contributed by atoms with E-state index >= 15 is 0 Å². The van der Waals surface area contributed by atoms with E-state index in [-0.39, 0.29) is 12.5 Å². The monoisotopic (exact) mass is 307 g/mol. The van der Waals surface area contributed by atoms with Gasteiger partial charge in [-0.25, -0.2) is 4.79 Å². The molecule has 0 fully saturated rings. The van der Waals surface area contributed by atoms with Crippen LogP contribution in [0, 0.1) is 0 Å². The van der Waals surface area contributed by atoms with Crippen LogP contribution in [0.5, 0.6) is 0 Å². The molecule has 0 atom stereocenters. The number of likely N-dealkylation sites (N-methyl/N-ethyl adjacent to an activating group) is 1. The minimum Gasteiger partial charge on any atom is -0.445 e. The van der Waals surface area contributed by atoms with Crippen LogP contribution in [0.3, 0.4) is 0 Å². The topological polar surface area (TPSA) is 70.7 Å². The largest absolute Gasteiger partial charge is 0.445 e. The number of benzene rings is 1. The quantitative estimate of drug-likeness (QED) is 0.765. The van der Waals surface area contributed by atoms with Gasteiger partial charge in [-0.3, -0.25) is 4.79 Å². The molecule has 0 heterocycles. The molecule has 22 heavy (non-hydrogen) atoms. The molecule has 0 saturated heterocycles. The third-order valence-corrected chi connectivity index (χ3v) is 3.44. The summed E-state index contributed by atoms with van der Waals surface area (Å²) in [4.78, 5) is 25.6. The molecule has 1 aromatic carbocycles. The van der Waals surface area contributed by atoms with Gasteiger partial charge in [0.15, 0.2) is 0 Å². The van der Waals surface area contributed by atoms with Crippen molar-refractivity contribution in [3.05, 3.63) is 35.4 Å². The van der Waals surface area contributed by atoms with Gasteiger partial charge in [0.05, 0.1) is 0 Å². The van der Waals surface area contributed by atoms with Crippen LogP contribution in [0.15, 0.2) is 24.3 Å². The van der Waals surface area contributed by atoms with Crippen molar-refractivity contribution in [3.8, 4) is 0 Å². The summed E-state index contributed by atoms with van der Waals surface area (Å²) in [6, 6.07) is 7.06. The Morgan fingerprint density at radius 1 is 1.18 bits per heavy atom. The Balaban J connectivity index is 2.43. The summed E-state index contributed by atoms with van der Waals surface area (Å²) < 4.78 is 5.16. The standard InChI is InChI=1S/C16H25N3O3/c1-4-19(5-2)11-10-18-16(21)22-12-13-8-6-7-9-14(13)15(20)17-3/h6-9H,4-5,10-12H2,1-3H3,(H,17,20)(H,18,21). The number of rotatable bonds is 8. The minimum atomic E-state index is -0.473. The highest BCUT2D eigenvalue weighted by Gasteiger charge is 2.11. The number of amides is 2. The summed E-state index contributed by atoms with van der Waals surface area (Å²) in [7, 11) is 1.57. The van der Waals surface area contributed by atoms with Crippen molar-refractivity contribution >= 4 is 12.0 Å². The molecule has 6 heteroatoms. The second-order valence-corrected chi connectivity index (χ2v) is 4.77. The predicted molar refractivity (Wildman–Crippen MR) is 85.8 cm³/mol. The van der Waals surface area contributed by atoms with Gasteiger partial charge in [-0.05, 0) is 19.2 Å². The van der Waals surface area contributed by atoms with E-state index in [1.165, 1.54) is 0 Å². The molecule has 0 aliphatic carbocycles. The van der Waals surface area contributed by atoms with Gasteiger partial charge in [0, 0.05) is 31.3 Å². The lowest BCUT2D eigenvalue weighted by Crippen LogP contribution is -2.35. The van der Waals surface area contributed by atoms with Crippen molar-refractivity contribution in [1.82, 2.24) is 15.5 Å². The molecule has 1 aromatic rings. The molecule has 6 nitrogen and oxygen atoms in total. The number of carbonyl (C=O) groups is 2. The number of nitrogens with one attached hydrogen (secondary N) is 2. The van der Waals surface area contributed by atoms with Gasteiger partial charge in [0.1, 0.15) is 6.61 Å². The van der Waals surface area contributed by atoms with Crippen LogP contribution in [0.1, 0.15) is 29.8 Å². The van der Waals surface area contributed by atoms with E-state index in [0.29, 0.717) is 17.7 Å². The molecule has 0 aromatic heterocycles. The van der Waals surface area contributed by atoms with Crippen LogP contribution in [0.25, 0.3) is 0 Å². The third kappa shape index (κ3) is 5.73. The van der Waals surface area contributed by atoms with Crippen molar-refractivity contribution in [2.45, 2.75) is 20.5 Å². The second kappa shape index (κ2) is 9.78. The molecule has 2 amide bonds. The predicted octanol–water partition coefficient (Wildman–Crippen LogP) is 1.61. The Morgan fingerprint density at radius 3 is 2.50 bits per heavy atom. The van der Waals surface area contributed by atoms with Crippen LogP contribution in [0.4, 0.5) is 4.79 Å². The maximum atomic E-state index is 11.7. The van der Waals surface area contributed by atoms with E-state index in [2.05, 4.69) is 29.4 Å². The van der Waals surface area contributed by atoms with Gasteiger partial charge in [-0.2, -0.15) is 0 Å². The van der Waals surface area contributed by atoms with E-state index in [9.17, 15) is 9.59 Å². The van der Waals surface area contributed by atoms with Gasteiger partial charge in [0.25, 0.3) is 5.91 Å². The average molecular weight is 307 g/mol. The Labute approximate surface area is 131 Å². The summed E-state index contributed by atoms with van der Waals surface area (Å²) >= 11 is 0. The smallest absolute Gasteiger partial charge is 0.407 e. The lowest BCUT2D eigenvalue weighted by atomic mass is 10.1. The van der Waals surface area contributed by atoms with Crippen molar-refractivity contribution in [2.24, 2.45) is 0 Å². The molecule has 0 aliphatic rings. The summed E-state index contributed by atoms with van der Waals surface area (Å²) in [5.74, 6) is -0.193. The van der Waals surface area contributed by atoms with Crippen LogP contribution >= 0.6 is 0 Å². The van der Waals surface area contributed by atoms with E-state index in [1.54, 1.807) is 25.2 Å². The van der Waals surface area contributed by atoms with Gasteiger partial charge in [-0.15, -0.1) is 0 Å². The fourth-order valence-corrected chi connectivity index (χ4v) is 2.05. The molecule has 1 rings (SSSR count). The van der Waals surface area contributed by atoms with Crippen LogP contribution < -0.4 is 10.6 Å². The van der Waals surface area contributed by atoms with Crippen molar-refractivity contribution in [3.63, 3.8) is 0 Å². The zero-order valence-electron chi connectivity index (χ0n) is 13.5. The molecule has 2 N–H and O–H groups in total. The summed E-state index contributed by atoms with van der Waals surface area (Å²) in [5.41, 5.74) is 1.20. The average Bonchev–Trinajstić information content (AvgIpc) is 2.56. The number of hydrogen-bond acceptors (Lipinski definition) is 4. The van der Waals surface area contributed by atoms with Gasteiger partial charge >= 0.3 is 6.09 Å². The third-order valence-electron chi connectivity index (χ3n) is 3.44. The second-order valence-electron chi connectivity index (χ2n) is 4.77. The summed E-state index contributed by atoms with van der Waals surface area (Å²) in [6.07, 6.45) is -0.473. The molecule has 0 saturated carbocycles. The number of ether oxygens (including phenoxy) is 1. The maximum absolute atomic E-state index is 11.7. The minimum absolute atomic E-state index is 0.0701. The van der Waals surface area contributed by atoms with E-state index < -0.39 is 6.09 Å². The number of alkyl carbamates (subject to hydrolysis) is 1. The first-order valence-electron chi connectivity index (χ1n) is 7.55. The van der Waals surface area contributed by atoms with Gasteiger partial charge in [0.2, 0.25) is 0 Å². The highest BCUT2D eigenvalue weighted by molar-refractivity contribution is 5.95. The number of hydrogen-bond donors (Lipinski definition) is 2. The van der Waals surface area contributed by atoms with Crippen LogP contribution in [-0.2, 0) is 11.3 Å². The number of nitrogens with zero attached hydrogens (tertiary/aromatic N) is 1. The van der Waals surface area contributed by atoms with Gasteiger partial charge < -0.3 is 20.3 Å². The molecule has 0 spiro atoms. The van der Waals surface area contributed by atoms with Crippen molar-refractivity contribution in [2.75, 3.05) is 33.2 Å². The lowest BCUT2D eigenvalue weighted by Gasteiger charge is -2.17. The molecule has 0 aliphatic heterocycles. The fraction of sp³-hybridized carbons (Fsp3) is 0.500. The van der Waals surface area contributed by atoms with Crippen molar-refractivity contribution < 1.29 is 14.3 Å². The zero-order chi connectivity index (χ0) is 16.4. The normalized spacial score (nSPS) is 10.4. The SMILES string of the molecule is CCN(CC)CCNC(=O)OCc1ccccc1C(=O)NC. The summed E-state index contributed by atoms with van der Waals surface area (Å²) in [5, 5.41) is 5.28. The molecular weight excluding hydrogens is 282 g/mol. The molecular formula is C16H25N3O3. The first kappa shape index (κ1) is 18.0. The highest BCUT2D eigenvalue weighted by atomic mass is 16.5. The molecule has 0 bridgehead atoms. The first-order chi connectivity index (χ1) is 10.6. The molecule has 122 valence electrons. The first-order valence-corrected chi connectivity index (χ1v) is 7.55. The fourth-order valence-electron chi connectivity index (χ4n) is 2.05. The lowest BCUT2D eigenvalue weighted by molar-refractivity contribution is 0.0956. The number of carbonyl (C=O) groups excluding carboxylic acids is 2. The van der Waals surface area contributed by atoms with Crippen molar-refractivity contribution in [1.29, 1.82) is 0 Å². The van der Waals surface area contributed by atoms with Crippen LogP contribution in [0.2, 0.25) is 0 Å². The zero-order valence-corrected chi connectivity index (χ0v) is 13.5. The maximum Gasteiger partial charge on any atom is 0.407 e.